The van der Waals surface area contributed by atoms with Crippen LogP contribution in [0.15, 0.2) is 96.3 Å². The maximum Gasteiger partial charge on any atom is 0.264 e. The molecule has 0 spiro atoms. The predicted molar refractivity (Wildman–Crippen MR) is 164 cm³/mol. The highest BCUT2D eigenvalue weighted by atomic mass is 32.2. The van der Waals surface area contributed by atoms with Gasteiger partial charge in [-0.05, 0) is 42.5 Å². The summed E-state index contributed by atoms with van der Waals surface area (Å²) in [4.78, 5) is 31.5. The van der Waals surface area contributed by atoms with E-state index in [1.54, 1.807) is 41.2 Å². The van der Waals surface area contributed by atoms with Crippen molar-refractivity contribution in [2.45, 2.75) is 11.4 Å². The van der Waals surface area contributed by atoms with Crippen LogP contribution in [0, 0.1) is 0 Å². The summed E-state index contributed by atoms with van der Waals surface area (Å²) >= 11 is 0. The first-order chi connectivity index (χ1) is 21.4. The number of phenols is 1. The molecular formula is C30H27N9O4S. The molecule has 0 aliphatic carbocycles. The highest BCUT2D eigenvalue weighted by Crippen LogP contribution is 2.27. The Morgan fingerprint density at radius 3 is 2.34 bits per heavy atom. The van der Waals surface area contributed by atoms with E-state index in [9.17, 15) is 18.3 Å². The van der Waals surface area contributed by atoms with Crippen molar-refractivity contribution in [3.05, 3.63) is 91.4 Å². The molecule has 4 heterocycles. The molecule has 6 aromatic rings. The van der Waals surface area contributed by atoms with Crippen LogP contribution in [-0.4, -0.2) is 74.9 Å². The van der Waals surface area contributed by atoms with E-state index in [-0.39, 0.29) is 17.2 Å². The van der Waals surface area contributed by atoms with E-state index >= 15 is 0 Å². The first-order valence-electron chi connectivity index (χ1n) is 13.9. The number of imidazole rings is 1. The van der Waals surface area contributed by atoms with Gasteiger partial charge in [-0.25, -0.2) is 22.8 Å². The number of piperazine rings is 1. The van der Waals surface area contributed by atoms with Gasteiger partial charge in [-0.1, -0.05) is 36.4 Å². The fourth-order valence-corrected chi connectivity index (χ4v) is 6.28. The number of carbonyl (C=O) groups is 1. The second kappa shape index (κ2) is 11.0. The summed E-state index contributed by atoms with van der Waals surface area (Å²) in [5.74, 6) is 0.373. The van der Waals surface area contributed by atoms with Crippen molar-refractivity contribution in [1.29, 1.82) is 0 Å². The molecule has 3 aromatic carbocycles. The van der Waals surface area contributed by atoms with Gasteiger partial charge in [0.2, 0.25) is 5.95 Å². The van der Waals surface area contributed by atoms with Gasteiger partial charge in [0.05, 0.1) is 22.9 Å². The average molecular weight is 610 g/mol. The highest BCUT2D eigenvalue weighted by molar-refractivity contribution is 7.90. The molecule has 13 nitrogen and oxygen atoms in total. The van der Waals surface area contributed by atoms with Gasteiger partial charge in [0.15, 0.2) is 17.0 Å². The van der Waals surface area contributed by atoms with Gasteiger partial charge in [0, 0.05) is 37.3 Å². The first-order valence-corrected chi connectivity index (χ1v) is 15.4. The van der Waals surface area contributed by atoms with Crippen LogP contribution in [0.25, 0.3) is 27.9 Å². The Morgan fingerprint density at radius 1 is 0.864 bits per heavy atom. The lowest BCUT2D eigenvalue weighted by molar-refractivity contribution is -0.119. The number of sulfonamides is 1. The van der Waals surface area contributed by atoms with Gasteiger partial charge >= 0.3 is 0 Å². The van der Waals surface area contributed by atoms with Crippen molar-refractivity contribution in [2.75, 3.05) is 36.0 Å². The topological polar surface area (TPSA) is 151 Å². The van der Waals surface area contributed by atoms with Crippen LogP contribution in [0.3, 0.4) is 0 Å². The third-order valence-corrected chi connectivity index (χ3v) is 8.89. The summed E-state index contributed by atoms with van der Waals surface area (Å²) in [6.07, 6.45) is 3.20. The summed E-state index contributed by atoms with van der Waals surface area (Å²) < 4.78 is 30.9. The minimum absolute atomic E-state index is 0.00672. The lowest BCUT2D eigenvalue weighted by atomic mass is 10.2. The van der Waals surface area contributed by atoms with E-state index in [4.69, 9.17) is 9.97 Å². The van der Waals surface area contributed by atoms with Gasteiger partial charge in [-0.2, -0.15) is 15.1 Å². The Labute approximate surface area is 252 Å². The molecule has 222 valence electrons. The van der Waals surface area contributed by atoms with Crippen LogP contribution < -0.4 is 14.5 Å². The number of benzene rings is 3. The van der Waals surface area contributed by atoms with Gasteiger partial charge in [0.25, 0.3) is 15.9 Å². The fraction of sp³-hybridized carbons (Fsp3) is 0.167. The molecule has 1 fully saturated rings. The number of rotatable bonds is 7. The summed E-state index contributed by atoms with van der Waals surface area (Å²) in [5.41, 5.74) is 2.63. The normalized spacial score (nSPS) is 13.9. The molecule has 3 aromatic heterocycles. The third-order valence-electron chi connectivity index (χ3n) is 7.50. The number of fused-ring (bicyclic) bond motifs is 2. The van der Waals surface area contributed by atoms with Crippen molar-refractivity contribution in [1.82, 2.24) is 34.0 Å². The van der Waals surface area contributed by atoms with Crippen molar-refractivity contribution < 1.29 is 18.3 Å². The predicted octanol–water partition coefficient (Wildman–Crippen LogP) is 2.70. The number of phenolic OH excluding ortho intramolecular Hbond substituents is 1. The molecule has 0 saturated carbocycles. The molecule has 1 amide bonds. The minimum atomic E-state index is -4.05. The molecule has 1 aliphatic rings. The Morgan fingerprint density at radius 2 is 1.57 bits per heavy atom. The number of hydrogen-bond donors (Lipinski definition) is 2. The van der Waals surface area contributed by atoms with Gasteiger partial charge in [-0.3, -0.25) is 4.79 Å². The van der Waals surface area contributed by atoms with Crippen LogP contribution >= 0.6 is 0 Å². The molecule has 0 radical (unpaired) electrons. The summed E-state index contributed by atoms with van der Waals surface area (Å²) in [5, 5.41) is 15.2. The Hall–Kier alpha value is -5.50. The van der Waals surface area contributed by atoms with E-state index in [0.717, 1.165) is 16.6 Å². The SMILES string of the molecule is O=C(Cn1cnc2c(-n3ncc4ccccc43)nc(N3CCN(c4ccc(O)cc4)CC3)nc21)NS(=O)(=O)c1ccccc1. The Kier molecular flexibility index (Phi) is 6.81. The molecule has 7 rings (SSSR count). The van der Waals surface area contributed by atoms with Crippen LogP contribution in [0.4, 0.5) is 11.6 Å². The van der Waals surface area contributed by atoms with Crippen molar-refractivity contribution in [3.8, 4) is 11.6 Å². The second-order valence-corrected chi connectivity index (χ2v) is 12.0. The summed E-state index contributed by atoms with van der Waals surface area (Å²) in [7, 11) is -4.05. The van der Waals surface area contributed by atoms with Crippen molar-refractivity contribution in [2.24, 2.45) is 0 Å². The molecule has 14 heteroatoms. The summed E-state index contributed by atoms with van der Waals surface area (Å²) in [6.45, 7) is 2.31. The lowest BCUT2D eigenvalue weighted by Gasteiger charge is -2.36. The zero-order valence-electron chi connectivity index (χ0n) is 23.4. The van der Waals surface area contributed by atoms with Crippen molar-refractivity contribution in [3.63, 3.8) is 0 Å². The minimum Gasteiger partial charge on any atom is -0.508 e. The zero-order chi connectivity index (χ0) is 30.3. The molecule has 44 heavy (non-hydrogen) atoms. The lowest BCUT2D eigenvalue weighted by Crippen LogP contribution is -2.47. The number of nitrogens with zero attached hydrogens (tertiary/aromatic N) is 8. The van der Waals surface area contributed by atoms with E-state index in [2.05, 4.69) is 24.6 Å². The molecule has 1 saturated heterocycles. The van der Waals surface area contributed by atoms with Gasteiger partial charge in [-0.15, -0.1) is 0 Å². The van der Waals surface area contributed by atoms with Gasteiger partial charge < -0.3 is 19.5 Å². The molecule has 2 N–H and O–H groups in total. The number of para-hydroxylation sites is 1. The van der Waals surface area contributed by atoms with E-state index in [1.807, 2.05) is 36.4 Å². The number of anilines is 2. The molecular weight excluding hydrogens is 582 g/mol. The average Bonchev–Trinajstić information content (AvgIpc) is 3.66. The zero-order valence-corrected chi connectivity index (χ0v) is 24.2. The molecule has 0 bridgehead atoms. The molecule has 0 unspecified atom stereocenters. The van der Waals surface area contributed by atoms with Crippen LogP contribution in [0.2, 0.25) is 0 Å². The molecule has 1 aliphatic heterocycles. The Balaban J connectivity index is 1.23. The van der Waals surface area contributed by atoms with E-state index < -0.39 is 15.9 Å². The van der Waals surface area contributed by atoms with E-state index in [0.29, 0.717) is 49.1 Å². The quantitative estimate of drug-likeness (QED) is 0.276. The van der Waals surface area contributed by atoms with Crippen LogP contribution in [0.5, 0.6) is 5.75 Å². The smallest absolute Gasteiger partial charge is 0.264 e. The third kappa shape index (κ3) is 5.15. The number of nitrogens with one attached hydrogen (secondary N) is 1. The monoisotopic (exact) mass is 609 g/mol. The number of aromatic nitrogens is 6. The number of carbonyl (C=O) groups excluding carboxylic acids is 1. The summed E-state index contributed by atoms with van der Waals surface area (Å²) in [6, 6.07) is 22.6. The van der Waals surface area contributed by atoms with Crippen molar-refractivity contribution >= 4 is 49.6 Å². The highest BCUT2D eigenvalue weighted by Gasteiger charge is 2.25. The standard InChI is InChI=1S/C30H27N9O4S/c40-23-12-10-22(11-13-23)36-14-16-37(17-15-36)30-33-28-27(29(34-30)39-25-9-5-4-6-21(25)18-32-39)31-20-38(28)19-26(41)35-44(42,43)24-7-2-1-3-8-24/h1-13,18,20,40H,14-17,19H2,(H,35,41). The number of aromatic hydroxyl groups is 1. The Bertz CT molecular complexity index is 2090. The number of hydrogen-bond acceptors (Lipinski definition) is 10. The maximum absolute atomic E-state index is 13.0. The van der Waals surface area contributed by atoms with Crippen LogP contribution in [-0.2, 0) is 21.4 Å². The number of amides is 1. The van der Waals surface area contributed by atoms with Crippen LogP contribution in [0.1, 0.15) is 0 Å². The van der Waals surface area contributed by atoms with E-state index in [1.165, 1.54) is 23.0 Å². The van der Waals surface area contributed by atoms with Gasteiger partial charge in [0.1, 0.15) is 12.3 Å². The fourth-order valence-electron chi connectivity index (χ4n) is 5.29. The second-order valence-electron chi connectivity index (χ2n) is 10.3. The maximum atomic E-state index is 13.0. The molecule has 0 atom stereocenters. The largest absolute Gasteiger partial charge is 0.508 e. The first kappa shape index (κ1) is 27.3.